The zero-order valence-corrected chi connectivity index (χ0v) is 15.7. The smallest absolute Gasteiger partial charge is 0.246 e. The van der Waals surface area contributed by atoms with Gasteiger partial charge in [0.15, 0.2) is 0 Å². The normalized spacial score (nSPS) is 14.4. The second-order valence-corrected chi connectivity index (χ2v) is 7.16. The topological polar surface area (TPSA) is 70.2 Å². The van der Waals surface area contributed by atoms with Crippen molar-refractivity contribution in [3.8, 4) is 0 Å². The molecule has 7 heteroatoms. The number of nitrogens with one attached hydrogen (secondary N) is 3. The van der Waals surface area contributed by atoms with Crippen molar-refractivity contribution in [1.82, 2.24) is 0 Å². The number of hydrogen-bond donors (Lipinski definition) is 3. The Labute approximate surface area is 162 Å². The van der Waals surface area contributed by atoms with Gasteiger partial charge in [0, 0.05) is 22.3 Å². The summed E-state index contributed by atoms with van der Waals surface area (Å²) in [5.41, 5.74) is 2.03. The summed E-state index contributed by atoms with van der Waals surface area (Å²) in [6.45, 7) is 1.75. The average molecular weight is 392 g/mol. The first-order valence-corrected chi connectivity index (χ1v) is 9.11. The molecule has 0 aromatic heterocycles. The van der Waals surface area contributed by atoms with Gasteiger partial charge < -0.3 is 16.0 Å². The molecule has 0 saturated heterocycles. The molecule has 0 aliphatic heterocycles. The maximum atomic E-state index is 12.3. The molecule has 0 radical (unpaired) electrons. The fourth-order valence-electron chi connectivity index (χ4n) is 2.39. The minimum atomic E-state index is -0.478. The van der Waals surface area contributed by atoms with Gasteiger partial charge in [-0.05, 0) is 62.2 Å². The van der Waals surface area contributed by atoms with Gasteiger partial charge in [-0.1, -0.05) is 23.2 Å². The lowest BCUT2D eigenvalue weighted by Gasteiger charge is -2.16. The van der Waals surface area contributed by atoms with Crippen LogP contribution in [0.1, 0.15) is 19.8 Å². The fraction of sp³-hybridized carbons (Fsp3) is 0.263. The standard InChI is InChI=1S/C19H19Cl2N3O2/c1-11(18(25)24-17-9-4-13(20)10-16(17)21)22-14-5-7-15(8-6-14)23-19(26)12-2-3-12/h4-12,22H,2-3H2,1H3,(H,23,26)(H,24,25). The van der Waals surface area contributed by atoms with Crippen LogP contribution in [0.3, 0.4) is 0 Å². The number of benzene rings is 2. The van der Waals surface area contributed by atoms with Crippen LogP contribution >= 0.6 is 23.2 Å². The van der Waals surface area contributed by atoms with Crippen LogP contribution in [0.5, 0.6) is 0 Å². The highest BCUT2D eigenvalue weighted by Gasteiger charge is 2.29. The van der Waals surface area contributed by atoms with Crippen LogP contribution < -0.4 is 16.0 Å². The third-order valence-corrected chi connectivity index (χ3v) is 4.61. The molecular formula is C19H19Cl2N3O2. The zero-order valence-electron chi connectivity index (χ0n) is 14.2. The molecular weight excluding hydrogens is 373 g/mol. The molecule has 1 fully saturated rings. The van der Waals surface area contributed by atoms with Crippen molar-refractivity contribution in [2.45, 2.75) is 25.8 Å². The molecule has 0 spiro atoms. The Morgan fingerprint density at radius 3 is 2.27 bits per heavy atom. The van der Waals surface area contributed by atoms with Gasteiger partial charge in [0.05, 0.1) is 10.7 Å². The number of rotatable bonds is 6. The second kappa shape index (κ2) is 7.98. The van der Waals surface area contributed by atoms with Crippen molar-refractivity contribution in [2.24, 2.45) is 5.92 Å². The Balaban J connectivity index is 1.55. The lowest BCUT2D eigenvalue weighted by molar-refractivity contribution is -0.117. The van der Waals surface area contributed by atoms with E-state index in [9.17, 15) is 9.59 Å². The molecule has 2 amide bonds. The number of carbonyl (C=O) groups excluding carboxylic acids is 2. The Bertz CT molecular complexity index is 820. The summed E-state index contributed by atoms with van der Waals surface area (Å²) in [4.78, 5) is 24.1. The maximum absolute atomic E-state index is 12.3. The van der Waals surface area contributed by atoms with Crippen LogP contribution in [0.15, 0.2) is 42.5 Å². The van der Waals surface area contributed by atoms with Crippen molar-refractivity contribution in [3.05, 3.63) is 52.5 Å². The molecule has 1 saturated carbocycles. The third-order valence-electron chi connectivity index (χ3n) is 4.07. The van der Waals surface area contributed by atoms with Crippen molar-refractivity contribution in [1.29, 1.82) is 0 Å². The highest BCUT2D eigenvalue weighted by Crippen LogP contribution is 2.30. The quantitative estimate of drug-likeness (QED) is 0.663. The minimum Gasteiger partial charge on any atom is -0.374 e. The highest BCUT2D eigenvalue weighted by molar-refractivity contribution is 6.36. The van der Waals surface area contributed by atoms with Gasteiger partial charge >= 0.3 is 0 Å². The number of anilines is 3. The number of amides is 2. The van der Waals surface area contributed by atoms with Gasteiger partial charge in [-0.2, -0.15) is 0 Å². The zero-order chi connectivity index (χ0) is 18.7. The molecule has 1 unspecified atom stereocenters. The van der Waals surface area contributed by atoms with E-state index in [-0.39, 0.29) is 17.7 Å². The van der Waals surface area contributed by atoms with Crippen LogP contribution in [0.25, 0.3) is 0 Å². The SMILES string of the molecule is CC(Nc1ccc(NC(=O)C2CC2)cc1)C(=O)Nc1ccc(Cl)cc1Cl. The van der Waals surface area contributed by atoms with Crippen molar-refractivity contribution >= 4 is 52.1 Å². The van der Waals surface area contributed by atoms with E-state index in [2.05, 4.69) is 16.0 Å². The van der Waals surface area contributed by atoms with E-state index in [0.717, 1.165) is 24.2 Å². The predicted octanol–water partition coefficient (Wildman–Crippen LogP) is 4.78. The monoisotopic (exact) mass is 391 g/mol. The van der Waals surface area contributed by atoms with Crippen LogP contribution in [0.2, 0.25) is 10.0 Å². The molecule has 2 aromatic rings. The molecule has 1 atom stereocenters. The van der Waals surface area contributed by atoms with E-state index in [0.29, 0.717) is 15.7 Å². The Kier molecular flexibility index (Phi) is 5.69. The molecule has 1 aliphatic carbocycles. The van der Waals surface area contributed by atoms with Gasteiger partial charge in [0.1, 0.15) is 6.04 Å². The van der Waals surface area contributed by atoms with Crippen molar-refractivity contribution in [3.63, 3.8) is 0 Å². The molecule has 1 aliphatic rings. The Hall–Kier alpha value is -2.24. The van der Waals surface area contributed by atoms with E-state index in [1.54, 1.807) is 25.1 Å². The van der Waals surface area contributed by atoms with E-state index < -0.39 is 6.04 Å². The molecule has 26 heavy (non-hydrogen) atoms. The van der Waals surface area contributed by atoms with Crippen molar-refractivity contribution in [2.75, 3.05) is 16.0 Å². The molecule has 3 rings (SSSR count). The van der Waals surface area contributed by atoms with E-state index in [4.69, 9.17) is 23.2 Å². The summed E-state index contributed by atoms with van der Waals surface area (Å²) in [5, 5.41) is 9.65. The number of carbonyl (C=O) groups is 2. The molecule has 136 valence electrons. The van der Waals surface area contributed by atoms with Crippen LogP contribution in [0, 0.1) is 5.92 Å². The van der Waals surface area contributed by atoms with E-state index >= 15 is 0 Å². The van der Waals surface area contributed by atoms with Crippen LogP contribution in [-0.2, 0) is 9.59 Å². The van der Waals surface area contributed by atoms with E-state index in [1.807, 2.05) is 24.3 Å². The summed E-state index contributed by atoms with van der Waals surface area (Å²) in [5.74, 6) is 0.00912. The van der Waals surface area contributed by atoms with Gasteiger partial charge in [-0.3, -0.25) is 9.59 Å². The van der Waals surface area contributed by atoms with Gasteiger partial charge in [-0.25, -0.2) is 0 Å². The summed E-state index contributed by atoms with van der Waals surface area (Å²) in [7, 11) is 0. The number of halogens is 2. The lowest BCUT2D eigenvalue weighted by atomic mass is 10.2. The summed E-state index contributed by atoms with van der Waals surface area (Å²) < 4.78 is 0. The van der Waals surface area contributed by atoms with Gasteiger partial charge in [-0.15, -0.1) is 0 Å². The summed E-state index contributed by atoms with van der Waals surface area (Å²) in [6, 6.07) is 11.7. The number of hydrogen-bond acceptors (Lipinski definition) is 3. The average Bonchev–Trinajstić information content (AvgIpc) is 3.44. The molecule has 0 bridgehead atoms. The fourth-order valence-corrected chi connectivity index (χ4v) is 2.84. The molecule has 5 nitrogen and oxygen atoms in total. The summed E-state index contributed by atoms with van der Waals surface area (Å²) in [6.07, 6.45) is 1.94. The summed E-state index contributed by atoms with van der Waals surface area (Å²) >= 11 is 11.9. The largest absolute Gasteiger partial charge is 0.374 e. The maximum Gasteiger partial charge on any atom is 0.246 e. The molecule has 2 aromatic carbocycles. The molecule has 3 N–H and O–H groups in total. The third kappa shape index (κ3) is 4.90. The van der Waals surface area contributed by atoms with Gasteiger partial charge in [0.2, 0.25) is 11.8 Å². The minimum absolute atomic E-state index is 0.0679. The van der Waals surface area contributed by atoms with E-state index in [1.165, 1.54) is 0 Å². The second-order valence-electron chi connectivity index (χ2n) is 6.32. The highest BCUT2D eigenvalue weighted by atomic mass is 35.5. The lowest BCUT2D eigenvalue weighted by Crippen LogP contribution is -2.31. The van der Waals surface area contributed by atoms with Gasteiger partial charge in [0.25, 0.3) is 0 Å². The first kappa shape index (κ1) is 18.5. The molecule has 0 heterocycles. The first-order valence-electron chi connectivity index (χ1n) is 8.36. The first-order chi connectivity index (χ1) is 12.4. The Morgan fingerprint density at radius 1 is 1.00 bits per heavy atom. The van der Waals surface area contributed by atoms with Crippen LogP contribution in [-0.4, -0.2) is 17.9 Å². The Morgan fingerprint density at radius 2 is 1.65 bits per heavy atom. The van der Waals surface area contributed by atoms with Crippen molar-refractivity contribution < 1.29 is 9.59 Å². The van der Waals surface area contributed by atoms with Crippen LogP contribution in [0.4, 0.5) is 17.1 Å². The predicted molar refractivity (Wildman–Crippen MR) is 106 cm³/mol.